The van der Waals surface area contributed by atoms with E-state index in [1.165, 1.54) is 5.56 Å². The SMILES string of the molecule is CN(CCC(=O)C(C)(C)C)Cc1cccc(Br)c1. The Morgan fingerprint density at radius 3 is 2.56 bits per heavy atom. The van der Waals surface area contributed by atoms with Crippen molar-refractivity contribution in [2.75, 3.05) is 13.6 Å². The number of hydrogen-bond donors (Lipinski definition) is 0. The third kappa shape index (κ3) is 5.32. The van der Waals surface area contributed by atoms with Crippen molar-refractivity contribution in [3.05, 3.63) is 34.3 Å². The minimum atomic E-state index is -0.226. The number of rotatable bonds is 5. The number of carbonyl (C=O) groups is 1. The lowest BCUT2D eigenvalue weighted by molar-refractivity contribution is -0.126. The molecule has 0 atom stereocenters. The molecular formula is C15H22BrNO. The molecule has 0 fully saturated rings. The average Bonchev–Trinajstić information content (AvgIpc) is 2.24. The Kier molecular flexibility index (Phi) is 5.54. The number of benzene rings is 1. The molecule has 0 spiro atoms. The number of Topliss-reactive ketones (excluding diaryl/α,β-unsaturated/α-hetero) is 1. The Morgan fingerprint density at radius 2 is 2.00 bits per heavy atom. The third-order valence-corrected chi connectivity index (χ3v) is 3.39. The largest absolute Gasteiger partial charge is 0.302 e. The van der Waals surface area contributed by atoms with Crippen LogP contribution in [0, 0.1) is 5.41 Å². The van der Waals surface area contributed by atoms with E-state index >= 15 is 0 Å². The number of hydrogen-bond acceptors (Lipinski definition) is 2. The van der Waals surface area contributed by atoms with Crippen molar-refractivity contribution in [2.24, 2.45) is 5.41 Å². The van der Waals surface area contributed by atoms with Crippen LogP contribution in [-0.4, -0.2) is 24.3 Å². The maximum atomic E-state index is 11.8. The molecule has 18 heavy (non-hydrogen) atoms. The summed E-state index contributed by atoms with van der Waals surface area (Å²) in [5.74, 6) is 0.323. The molecular weight excluding hydrogens is 290 g/mol. The fraction of sp³-hybridized carbons (Fsp3) is 0.533. The first-order valence-electron chi connectivity index (χ1n) is 6.25. The molecule has 0 heterocycles. The molecule has 0 unspecified atom stereocenters. The van der Waals surface area contributed by atoms with Gasteiger partial charge >= 0.3 is 0 Å². The Morgan fingerprint density at radius 1 is 1.33 bits per heavy atom. The summed E-state index contributed by atoms with van der Waals surface area (Å²) >= 11 is 3.47. The maximum absolute atomic E-state index is 11.8. The van der Waals surface area contributed by atoms with Crippen molar-refractivity contribution in [2.45, 2.75) is 33.7 Å². The quantitative estimate of drug-likeness (QED) is 0.822. The molecule has 0 N–H and O–H groups in total. The molecule has 1 rings (SSSR count). The third-order valence-electron chi connectivity index (χ3n) is 2.90. The summed E-state index contributed by atoms with van der Waals surface area (Å²) in [5, 5.41) is 0. The Balaban J connectivity index is 2.43. The van der Waals surface area contributed by atoms with Gasteiger partial charge in [-0.3, -0.25) is 4.79 Å². The maximum Gasteiger partial charge on any atom is 0.139 e. The highest BCUT2D eigenvalue weighted by molar-refractivity contribution is 9.10. The molecule has 0 saturated heterocycles. The zero-order valence-electron chi connectivity index (χ0n) is 11.7. The molecule has 1 aromatic carbocycles. The lowest BCUT2D eigenvalue weighted by Gasteiger charge is -2.20. The van der Waals surface area contributed by atoms with Crippen LogP contribution in [0.1, 0.15) is 32.8 Å². The van der Waals surface area contributed by atoms with Gasteiger partial charge < -0.3 is 4.90 Å². The van der Waals surface area contributed by atoms with Crippen LogP contribution in [0.2, 0.25) is 0 Å². The number of carbonyl (C=O) groups excluding carboxylic acids is 1. The van der Waals surface area contributed by atoms with E-state index in [0.717, 1.165) is 17.6 Å². The zero-order valence-corrected chi connectivity index (χ0v) is 13.3. The summed E-state index contributed by atoms with van der Waals surface area (Å²) in [4.78, 5) is 14.0. The van der Waals surface area contributed by atoms with E-state index < -0.39 is 0 Å². The van der Waals surface area contributed by atoms with Gasteiger partial charge in [-0.05, 0) is 24.7 Å². The van der Waals surface area contributed by atoms with Crippen molar-refractivity contribution in [1.82, 2.24) is 4.90 Å². The van der Waals surface area contributed by atoms with Gasteiger partial charge in [-0.2, -0.15) is 0 Å². The average molecular weight is 312 g/mol. The van der Waals surface area contributed by atoms with Gasteiger partial charge in [0.2, 0.25) is 0 Å². The fourth-order valence-electron chi connectivity index (χ4n) is 1.69. The van der Waals surface area contributed by atoms with Crippen LogP contribution >= 0.6 is 15.9 Å². The summed E-state index contributed by atoms with van der Waals surface area (Å²) in [6.07, 6.45) is 0.619. The topological polar surface area (TPSA) is 20.3 Å². The van der Waals surface area contributed by atoms with Crippen molar-refractivity contribution in [3.63, 3.8) is 0 Å². The Labute approximate surface area is 119 Å². The molecule has 3 heteroatoms. The Hall–Kier alpha value is -0.670. The van der Waals surface area contributed by atoms with E-state index in [2.05, 4.69) is 40.0 Å². The molecule has 100 valence electrons. The van der Waals surface area contributed by atoms with Crippen molar-refractivity contribution in [1.29, 1.82) is 0 Å². The monoisotopic (exact) mass is 311 g/mol. The van der Waals surface area contributed by atoms with Crippen molar-refractivity contribution in [3.8, 4) is 0 Å². The molecule has 0 bridgehead atoms. The van der Waals surface area contributed by atoms with Crippen molar-refractivity contribution < 1.29 is 4.79 Å². The van der Waals surface area contributed by atoms with Gasteiger partial charge in [0.25, 0.3) is 0 Å². The summed E-state index contributed by atoms with van der Waals surface area (Å²) in [5.41, 5.74) is 1.03. The van der Waals surface area contributed by atoms with Crippen LogP contribution in [0.15, 0.2) is 28.7 Å². The van der Waals surface area contributed by atoms with Crippen LogP contribution in [0.25, 0.3) is 0 Å². The second kappa shape index (κ2) is 6.48. The molecule has 0 aliphatic rings. The molecule has 0 aliphatic heterocycles. The predicted molar refractivity (Wildman–Crippen MR) is 79.6 cm³/mol. The summed E-state index contributed by atoms with van der Waals surface area (Å²) in [7, 11) is 2.05. The minimum absolute atomic E-state index is 0.226. The lowest BCUT2D eigenvalue weighted by atomic mass is 9.89. The molecule has 0 radical (unpaired) electrons. The summed E-state index contributed by atoms with van der Waals surface area (Å²) in [6, 6.07) is 8.27. The number of ketones is 1. The normalized spacial score (nSPS) is 11.9. The van der Waals surface area contributed by atoms with Crippen LogP contribution in [0.4, 0.5) is 0 Å². The number of nitrogens with zero attached hydrogens (tertiary/aromatic N) is 1. The summed E-state index contributed by atoms with van der Waals surface area (Å²) in [6.45, 7) is 7.61. The predicted octanol–water partition coefficient (Wildman–Crippen LogP) is 3.89. The van der Waals surface area contributed by atoms with Gasteiger partial charge in [-0.25, -0.2) is 0 Å². The highest BCUT2D eigenvalue weighted by atomic mass is 79.9. The minimum Gasteiger partial charge on any atom is -0.302 e. The zero-order chi connectivity index (χ0) is 13.8. The number of halogens is 1. The highest BCUT2D eigenvalue weighted by Gasteiger charge is 2.20. The van der Waals surface area contributed by atoms with Gasteiger partial charge in [-0.1, -0.05) is 48.8 Å². The molecule has 2 nitrogen and oxygen atoms in total. The first kappa shape index (κ1) is 15.4. The standard InChI is InChI=1S/C15H22BrNO/c1-15(2,3)14(18)8-9-17(4)11-12-6-5-7-13(16)10-12/h5-7,10H,8-9,11H2,1-4H3. The van der Waals surface area contributed by atoms with E-state index in [-0.39, 0.29) is 5.41 Å². The van der Waals surface area contributed by atoms with Gasteiger partial charge in [0, 0.05) is 29.4 Å². The van der Waals surface area contributed by atoms with E-state index in [0.29, 0.717) is 12.2 Å². The van der Waals surface area contributed by atoms with Gasteiger partial charge in [0.1, 0.15) is 5.78 Å². The van der Waals surface area contributed by atoms with E-state index in [1.807, 2.05) is 32.9 Å². The first-order chi connectivity index (χ1) is 8.29. The molecule has 0 aromatic heterocycles. The van der Waals surface area contributed by atoms with Gasteiger partial charge in [0.05, 0.1) is 0 Å². The van der Waals surface area contributed by atoms with E-state index in [4.69, 9.17) is 0 Å². The van der Waals surface area contributed by atoms with Crippen molar-refractivity contribution >= 4 is 21.7 Å². The molecule has 0 saturated carbocycles. The van der Waals surface area contributed by atoms with Crippen LogP contribution in [0.5, 0.6) is 0 Å². The van der Waals surface area contributed by atoms with Gasteiger partial charge in [-0.15, -0.1) is 0 Å². The first-order valence-corrected chi connectivity index (χ1v) is 7.04. The Bertz CT molecular complexity index is 409. The fourth-order valence-corrected chi connectivity index (χ4v) is 2.14. The van der Waals surface area contributed by atoms with Crippen LogP contribution < -0.4 is 0 Å². The van der Waals surface area contributed by atoms with E-state index in [9.17, 15) is 4.79 Å². The molecule has 1 aromatic rings. The van der Waals surface area contributed by atoms with Crippen LogP contribution in [0.3, 0.4) is 0 Å². The smallest absolute Gasteiger partial charge is 0.139 e. The molecule has 0 amide bonds. The second-order valence-electron chi connectivity index (χ2n) is 5.79. The second-order valence-corrected chi connectivity index (χ2v) is 6.71. The lowest BCUT2D eigenvalue weighted by Crippen LogP contribution is -2.27. The highest BCUT2D eigenvalue weighted by Crippen LogP contribution is 2.17. The summed E-state index contributed by atoms with van der Waals surface area (Å²) < 4.78 is 1.10. The van der Waals surface area contributed by atoms with Crippen LogP contribution in [-0.2, 0) is 11.3 Å². The van der Waals surface area contributed by atoms with E-state index in [1.54, 1.807) is 0 Å². The molecule has 0 aliphatic carbocycles. The van der Waals surface area contributed by atoms with Gasteiger partial charge in [0.15, 0.2) is 0 Å².